The molecule has 3 aromatic rings. The second kappa shape index (κ2) is 7.11. The Bertz CT molecular complexity index is 891. The Balaban J connectivity index is 1.73. The standard InChI is InChI=1S/C18H16ClNO3S/c1-11-7-14(4-5-16(11)20-18(21)22-2)23-9-12-10-24-17-6-3-13(19)8-15(12)17/h3-8,10H,9H2,1-2H3,(H,20,21). The summed E-state index contributed by atoms with van der Waals surface area (Å²) >= 11 is 7.75. The third-order valence-corrected chi connectivity index (χ3v) is 4.88. The van der Waals surface area contributed by atoms with Gasteiger partial charge in [-0.1, -0.05) is 11.6 Å². The largest absolute Gasteiger partial charge is 0.489 e. The molecule has 0 fully saturated rings. The Morgan fingerprint density at radius 1 is 1.25 bits per heavy atom. The lowest BCUT2D eigenvalue weighted by atomic mass is 10.2. The van der Waals surface area contributed by atoms with E-state index in [1.807, 2.05) is 37.3 Å². The van der Waals surface area contributed by atoms with Crippen LogP contribution in [0.2, 0.25) is 5.02 Å². The van der Waals surface area contributed by atoms with Gasteiger partial charge in [0.05, 0.1) is 7.11 Å². The molecule has 4 nitrogen and oxygen atoms in total. The first-order valence-corrected chi connectivity index (χ1v) is 8.56. The van der Waals surface area contributed by atoms with E-state index in [-0.39, 0.29) is 0 Å². The number of halogens is 1. The van der Waals surface area contributed by atoms with E-state index < -0.39 is 6.09 Å². The molecule has 124 valence electrons. The van der Waals surface area contributed by atoms with Crippen LogP contribution in [0.5, 0.6) is 5.75 Å². The minimum atomic E-state index is -0.492. The highest BCUT2D eigenvalue weighted by Crippen LogP contribution is 2.30. The predicted molar refractivity (Wildman–Crippen MR) is 98.4 cm³/mol. The predicted octanol–water partition coefficient (Wildman–Crippen LogP) is 5.62. The molecule has 0 aliphatic rings. The fourth-order valence-corrected chi connectivity index (χ4v) is 3.45. The molecular formula is C18H16ClNO3S. The lowest BCUT2D eigenvalue weighted by Crippen LogP contribution is -2.11. The Morgan fingerprint density at radius 3 is 2.83 bits per heavy atom. The summed E-state index contributed by atoms with van der Waals surface area (Å²) < 4.78 is 11.7. The number of carbonyl (C=O) groups is 1. The van der Waals surface area contributed by atoms with Crippen molar-refractivity contribution < 1.29 is 14.3 Å². The monoisotopic (exact) mass is 361 g/mol. The van der Waals surface area contributed by atoms with Crippen LogP contribution in [0.4, 0.5) is 10.5 Å². The second-order valence-electron chi connectivity index (χ2n) is 5.28. The minimum absolute atomic E-state index is 0.462. The molecule has 0 saturated heterocycles. The minimum Gasteiger partial charge on any atom is -0.489 e. The SMILES string of the molecule is COC(=O)Nc1ccc(OCc2csc3ccc(Cl)cc23)cc1C. The number of benzene rings is 2. The van der Waals surface area contributed by atoms with Gasteiger partial charge in [0.25, 0.3) is 0 Å². The maximum absolute atomic E-state index is 11.3. The summed E-state index contributed by atoms with van der Waals surface area (Å²) in [5.41, 5.74) is 2.70. The molecule has 3 rings (SSSR count). The topological polar surface area (TPSA) is 47.6 Å². The van der Waals surface area contributed by atoms with Crippen LogP contribution in [-0.2, 0) is 11.3 Å². The number of hydrogen-bond donors (Lipinski definition) is 1. The number of rotatable bonds is 4. The first kappa shape index (κ1) is 16.6. The van der Waals surface area contributed by atoms with Crippen molar-refractivity contribution in [3.63, 3.8) is 0 Å². The quantitative estimate of drug-likeness (QED) is 0.656. The number of nitrogens with one attached hydrogen (secondary N) is 1. The van der Waals surface area contributed by atoms with E-state index in [4.69, 9.17) is 16.3 Å². The molecular weight excluding hydrogens is 346 g/mol. The lowest BCUT2D eigenvalue weighted by Gasteiger charge is -2.10. The number of aryl methyl sites for hydroxylation is 1. The normalized spacial score (nSPS) is 10.6. The van der Waals surface area contributed by atoms with Gasteiger partial charge in [-0.05, 0) is 54.3 Å². The highest BCUT2D eigenvalue weighted by molar-refractivity contribution is 7.17. The van der Waals surface area contributed by atoms with E-state index >= 15 is 0 Å². The number of carbonyl (C=O) groups excluding carboxylic acids is 1. The van der Waals surface area contributed by atoms with Crippen LogP contribution in [0.1, 0.15) is 11.1 Å². The Labute approximate surface area is 149 Å². The van der Waals surface area contributed by atoms with Gasteiger partial charge >= 0.3 is 6.09 Å². The van der Waals surface area contributed by atoms with Crippen LogP contribution in [0.15, 0.2) is 41.8 Å². The van der Waals surface area contributed by atoms with Crippen molar-refractivity contribution in [3.05, 3.63) is 57.9 Å². The van der Waals surface area contributed by atoms with E-state index in [1.165, 1.54) is 11.8 Å². The van der Waals surface area contributed by atoms with E-state index in [0.717, 1.165) is 27.3 Å². The fraction of sp³-hybridized carbons (Fsp3) is 0.167. The van der Waals surface area contributed by atoms with E-state index in [1.54, 1.807) is 17.4 Å². The molecule has 0 bridgehead atoms. The molecule has 1 N–H and O–H groups in total. The number of thiophene rings is 1. The Hall–Kier alpha value is -2.24. The first-order valence-electron chi connectivity index (χ1n) is 7.31. The van der Waals surface area contributed by atoms with Crippen LogP contribution >= 0.6 is 22.9 Å². The Morgan fingerprint density at radius 2 is 2.08 bits per heavy atom. The van der Waals surface area contributed by atoms with Crippen LogP contribution < -0.4 is 10.1 Å². The average Bonchev–Trinajstić information content (AvgIpc) is 2.97. The van der Waals surface area contributed by atoms with Gasteiger partial charge in [0.2, 0.25) is 0 Å². The molecule has 0 aliphatic heterocycles. The van der Waals surface area contributed by atoms with Crippen molar-refractivity contribution in [1.29, 1.82) is 0 Å². The third kappa shape index (κ3) is 3.63. The van der Waals surface area contributed by atoms with Crippen LogP contribution in [0.3, 0.4) is 0 Å². The molecule has 1 aromatic heterocycles. The van der Waals surface area contributed by atoms with E-state index in [2.05, 4.69) is 15.4 Å². The summed E-state index contributed by atoms with van der Waals surface area (Å²) in [7, 11) is 1.33. The first-order chi connectivity index (χ1) is 11.6. The molecule has 2 aromatic carbocycles. The number of hydrogen-bond acceptors (Lipinski definition) is 4. The smallest absolute Gasteiger partial charge is 0.411 e. The van der Waals surface area contributed by atoms with Crippen molar-refractivity contribution >= 4 is 44.8 Å². The van der Waals surface area contributed by atoms with Crippen molar-refractivity contribution in [1.82, 2.24) is 0 Å². The Kier molecular flexibility index (Phi) is 4.92. The molecule has 1 heterocycles. The molecule has 6 heteroatoms. The molecule has 0 saturated carbocycles. The van der Waals surface area contributed by atoms with Gasteiger partial charge in [-0.2, -0.15) is 0 Å². The van der Waals surface area contributed by atoms with E-state index in [9.17, 15) is 4.79 Å². The van der Waals surface area contributed by atoms with Gasteiger partial charge in [0, 0.05) is 26.4 Å². The van der Waals surface area contributed by atoms with Crippen molar-refractivity contribution in [2.24, 2.45) is 0 Å². The van der Waals surface area contributed by atoms with Gasteiger partial charge in [-0.25, -0.2) is 4.79 Å². The molecule has 0 radical (unpaired) electrons. The zero-order valence-corrected chi connectivity index (χ0v) is 14.8. The number of amides is 1. The third-order valence-electron chi connectivity index (χ3n) is 3.63. The van der Waals surface area contributed by atoms with Gasteiger partial charge in [0.15, 0.2) is 0 Å². The van der Waals surface area contributed by atoms with Crippen LogP contribution in [0, 0.1) is 6.92 Å². The van der Waals surface area contributed by atoms with Crippen LogP contribution in [-0.4, -0.2) is 13.2 Å². The lowest BCUT2D eigenvalue weighted by molar-refractivity contribution is 0.187. The second-order valence-corrected chi connectivity index (χ2v) is 6.63. The summed E-state index contributed by atoms with van der Waals surface area (Å²) in [5.74, 6) is 0.740. The van der Waals surface area contributed by atoms with Crippen molar-refractivity contribution in [3.8, 4) is 5.75 Å². The van der Waals surface area contributed by atoms with Gasteiger partial charge in [-0.3, -0.25) is 5.32 Å². The summed E-state index contributed by atoms with van der Waals surface area (Å²) in [6.45, 7) is 2.36. The van der Waals surface area contributed by atoms with Gasteiger partial charge in [0.1, 0.15) is 12.4 Å². The molecule has 1 amide bonds. The zero-order valence-electron chi connectivity index (χ0n) is 13.3. The molecule has 0 aliphatic carbocycles. The maximum atomic E-state index is 11.3. The number of fused-ring (bicyclic) bond motifs is 1. The summed E-state index contributed by atoms with van der Waals surface area (Å²) in [5, 5.41) is 6.58. The fourth-order valence-electron chi connectivity index (χ4n) is 2.35. The van der Waals surface area contributed by atoms with Crippen molar-refractivity contribution in [2.45, 2.75) is 13.5 Å². The van der Waals surface area contributed by atoms with Crippen molar-refractivity contribution in [2.75, 3.05) is 12.4 Å². The number of anilines is 1. The summed E-state index contributed by atoms with van der Waals surface area (Å²) in [6.07, 6.45) is -0.492. The summed E-state index contributed by atoms with van der Waals surface area (Å²) in [6, 6.07) is 11.4. The number of methoxy groups -OCH3 is 1. The van der Waals surface area contributed by atoms with Crippen LogP contribution in [0.25, 0.3) is 10.1 Å². The maximum Gasteiger partial charge on any atom is 0.411 e. The highest BCUT2D eigenvalue weighted by atomic mass is 35.5. The van der Waals surface area contributed by atoms with E-state index in [0.29, 0.717) is 12.3 Å². The average molecular weight is 362 g/mol. The van der Waals surface area contributed by atoms with Gasteiger partial charge < -0.3 is 9.47 Å². The van der Waals surface area contributed by atoms with Gasteiger partial charge in [-0.15, -0.1) is 11.3 Å². The molecule has 0 atom stereocenters. The summed E-state index contributed by atoms with van der Waals surface area (Å²) in [4.78, 5) is 11.3. The highest BCUT2D eigenvalue weighted by Gasteiger charge is 2.08. The molecule has 0 unspecified atom stereocenters. The number of ether oxygens (including phenoxy) is 2. The molecule has 24 heavy (non-hydrogen) atoms. The zero-order chi connectivity index (χ0) is 17.1. The molecule has 0 spiro atoms.